The Kier molecular flexibility index (Phi) is 26.3. The first-order valence-corrected chi connectivity index (χ1v) is 22.7. The molecule has 0 radical (unpaired) electrons. The summed E-state index contributed by atoms with van der Waals surface area (Å²) in [5, 5.41) is 17.4. The third kappa shape index (κ3) is 22.1. The smallest absolute Gasteiger partial charge is 0.306 e. The summed E-state index contributed by atoms with van der Waals surface area (Å²) in [5.41, 5.74) is 16.4. The number of carbonyl (C=O) groups excluding carboxylic acids is 10. The molecular formula is C45H75N7O12. The van der Waals surface area contributed by atoms with Gasteiger partial charge in [0.15, 0.2) is 23.1 Å². The summed E-state index contributed by atoms with van der Waals surface area (Å²) >= 11 is 0. The molecule has 19 nitrogen and oxygen atoms in total. The quantitative estimate of drug-likeness (QED) is 0.0450. The highest BCUT2D eigenvalue weighted by atomic mass is 16.4. The number of Topliss-reactive ketones (excluding diaryl/α,β-unsaturated/α-hetero) is 5. The maximum Gasteiger partial charge on any atom is 0.306 e. The Hall–Kier alpha value is -4.91. The molecule has 1 heterocycles. The first-order chi connectivity index (χ1) is 30.0. The molecule has 19 heteroatoms. The predicted octanol–water partition coefficient (Wildman–Crippen LogP) is 1.43. The Morgan fingerprint density at radius 3 is 1.86 bits per heavy atom. The number of hydrogen-bond donors (Lipinski definition) is 7. The summed E-state index contributed by atoms with van der Waals surface area (Å²) in [4.78, 5) is 142. The van der Waals surface area contributed by atoms with Gasteiger partial charge in [-0.3, -0.25) is 52.7 Å². The molecule has 7 atom stereocenters. The van der Waals surface area contributed by atoms with Crippen molar-refractivity contribution in [3.63, 3.8) is 0 Å². The van der Waals surface area contributed by atoms with E-state index < -0.39 is 101 Å². The number of nitrogens with one attached hydrogen (secondary N) is 3. The molecule has 1 fully saturated rings. The number of rotatable bonds is 34. The van der Waals surface area contributed by atoms with Crippen LogP contribution in [-0.2, 0) is 52.7 Å². The van der Waals surface area contributed by atoms with Gasteiger partial charge >= 0.3 is 5.97 Å². The van der Waals surface area contributed by atoms with Crippen molar-refractivity contribution in [3.05, 3.63) is 0 Å². The molecule has 1 aliphatic heterocycles. The summed E-state index contributed by atoms with van der Waals surface area (Å²) in [6, 6.07) is -3.69. The number of ketones is 5. The average Bonchev–Trinajstić information content (AvgIpc) is 3.71. The second kappa shape index (κ2) is 29.5. The number of aliphatic carboxylic acids is 1. The highest BCUT2D eigenvalue weighted by molar-refractivity contribution is 5.97. The molecule has 10 N–H and O–H groups in total. The van der Waals surface area contributed by atoms with Crippen LogP contribution in [0.25, 0.3) is 0 Å². The fourth-order valence-corrected chi connectivity index (χ4v) is 7.73. The lowest BCUT2D eigenvalue weighted by Crippen LogP contribution is -2.45. The highest BCUT2D eigenvalue weighted by Crippen LogP contribution is 2.25. The standard InChI is InChI=1S/C45H75N7O12/c1-26(2)20-31(44(62)50-29(6)37(55)14-17-42(60)52-19-9-11-35(52)39(57)23-30(45(63)64)10-7-8-18-46)22-33(53)25-49-43(61)32(21-27(3)4)24-38(56)34(12-15-40(48)58)51-41(59)16-13-36(54)28(5)47/h26-32,34-35H,7-25,46-47H2,1-6H3,(H2,48,58)(H,49,61)(H,50,62)(H,51,59)(H,63,64)/t28-,29-,30+,31+,32+,34-,35-/m0/s1. The molecule has 0 aromatic carbocycles. The lowest BCUT2D eigenvalue weighted by Gasteiger charge is -2.25. The van der Waals surface area contributed by atoms with Gasteiger partial charge in [0.1, 0.15) is 5.78 Å². The number of nitrogens with zero attached hydrogens (tertiary/aromatic N) is 1. The van der Waals surface area contributed by atoms with Crippen molar-refractivity contribution in [2.45, 2.75) is 168 Å². The second-order valence-corrected chi connectivity index (χ2v) is 18.1. The van der Waals surface area contributed by atoms with E-state index in [0.717, 1.165) is 0 Å². The summed E-state index contributed by atoms with van der Waals surface area (Å²) in [7, 11) is 0. The fourth-order valence-electron chi connectivity index (χ4n) is 7.73. The number of hydrogen-bond acceptors (Lipinski definition) is 13. The third-order valence-electron chi connectivity index (χ3n) is 11.3. The number of carboxylic acids is 1. The van der Waals surface area contributed by atoms with E-state index in [1.165, 1.54) is 18.7 Å². The minimum atomic E-state index is -1.16. The zero-order chi connectivity index (χ0) is 48.7. The number of carboxylic acid groups (broad SMARTS) is 1. The third-order valence-corrected chi connectivity index (χ3v) is 11.3. The van der Waals surface area contributed by atoms with Crippen molar-refractivity contribution >= 4 is 64.4 Å². The normalized spacial score (nSPS) is 16.5. The van der Waals surface area contributed by atoms with E-state index in [4.69, 9.17) is 17.2 Å². The molecular weight excluding hydrogens is 831 g/mol. The SMILES string of the molecule is CC(C)C[C@H](CC(=O)[C@H](CCC(N)=O)NC(=O)CCC(=O)[C@H](C)N)C(=O)NCC(=O)C[C@@H](CC(C)C)C(=O)N[C@@H](C)C(=O)CCC(=O)N1CCC[C@H]1C(=O)C[C@@H](CCCCN)C(=O)O. The molecule has 0 unspecified atom stereocenters. The Bertz CT molecular complexity index is 1650. The molecule has 0 aromatic rings. The summed E-state index contributed by atoms with van der Waals surface area (Å²) in [5.74, 6) is -8.77. The first kappa shape index (κ1) is 57.1. The van der Waals surface area contributed by atoms with E-state index in [1.54, 1.807) is 0 Å². The van der Waals surface area contributed by atoms with E-state index in [9.17, 15) is 57.8 Å². The Morgan fingerprint density at radius 2 is 1.30 bits per heavy atom. The maximum atomic E-state index is 13.5. The van der Waals surface area contributed by atoms with Gasteiger partial charge in [-0.2, -0.15) is 0 Å². The van der Waals surface area contributed by atoms with Gasteiger partial charge < -0.3 is 43.2 Å². The van der Waals surface area contributed by atoms with Crippen LogP contribution in [-0.4, -0.2) is 118 Å². The van der Waals surface area contributed by atoms with Gasteiger partial charge in [0.05, 0.1) is 36.6 Å². The van der Waals surface area contributed by atoms with Crippen LogP contribution < -0.4 is 33.2 Å². The maximum absolute atomic E-state index is 13.5. The molecule has 1 rings (SSSR count). The van der Waals surface area contributed by atoms with Crippen molar-refractivity contribution in [3.8, 4) is 0 Å². The zero-order valence-electron chi connectivity index (χ0n) is 38.7. The highest BCUT2D eigenvalue weighted by Gasteiger charge is 2.36. The van der Waals surface area contributed by atoms with Crippen molar-refractivity contribution in [2.75, 3.05) is 19.6 Å². The Balaban J connectivity index is 2.87. The van der Waals surface area contributed by atoms with E-state index in [2.05, 4.69) is 16.0 Å². The van der Waals surface area contributed by atoms with Gasteiger partial charge in [0.2, 0.25) is 29.5 Å². The largest absolute Gasteiger partial charge is 0.481 e. The van der Waals surface area contributed by atoms with Crippen LogP contribution in [0.4, 0.5) is 0 Å². The van der Waals surface area contributed by atoms with Crippen LogP contribution in [0.3, 0.4) is 0 Å². The van der Waals surface area contributed by atoms with E-state index >= 15 is 0 Å². The molecule has 0 aromatic heterocycles. The van der Waals surface area contributed by atoms with Gasteiger partial charge in [0.25, 0.3) is 0 Å². The number of carbonyl (C=O) groups is 11. The number of primary amides is 1. The van der Waals surface area contributed by atoms with Crippen molar-refractivity contribution in [2.24, 2.45) is 46.8 Å². The van der Waals surface area contributed by atoms with Crippen LogP contribution in [0.2, 0.25) is 0 Å². The number of amides is 5. The van der Waals surface area contributed by atoms with Crippen molar-refractivity contribution in [1.29, 1.82) is 0 Å². The molecule has 0 spiro atoms. The lowest BCUT2D eigenvalue weighted by atomic mass is 9.88. The summed E-state index contributed by atoms with van der Waals surface area (Å²) in [6.07, 6.45) is 1.09. The molecule has 5 amide bonds. The molecule has 0 bridgehead atoms. The van der Waals surface area contributed by atoms with Crippen molar-refractivity contribution in [1.82, 2.24) is 20.9 Å². The Labute approximate surface area is 377 Å². The Morgan fingerprint density at radius 1 is 0.688 bits per heavy atom. The van der Waals surface area contributed by atoms with Crippen LogP contribution in [0.15, 0.2) is 0 Å². The molecule has 0 saturated carbocycles. The minimum absolute atomic E-state index is 0.0243. The molecule has 1 aliphatic rings. The summed E-state index contributed by atoms with van der Waals surface area (Å²) in [6.45, 7) is 10.6. The van der Waals surface area contributed by atoms with Gasteiger partial charge in [0, 0.05) is 69.7 Å². The van der Waals surface area contributed by atoms with Gasteiger partial charge in [-0.1, -0.05) is 34.1 Å². The van der Waals surface area contributed by atoms with E-state index in [1.807, 2.05) is 27.7 Å². The molecule has 64 heavy (non-hydrogen) atoms. The van der Waals surface area contributed by atoms with Gasteiger partial charge in [-0.25, -0.2) is 0 Å². The molecule has 1 saturated heterocycles. The number of likely N-dealkylation sites (tertiary alicyclic amines) is 1. The van der Waals surface area contributed by atoms with Crippen LogP contribution >= 0.6 is 0 Å². The number of nitrogens with two attached hydrogens (primary N) is 3. The minimum Gasteiger partial charge on any atom is -0.481 e. The lowest BCUT2D eigenvalue weighted by molar-refractivity contribution is -0.145. The average molecular weight is 906 g/mol. The number of unbranched alkanes of at least 4 members (excludes halogenated alkanes) is 1. The summed E-state index contributed by atoms with van der Waals surface area (Å²) < 4.78 is 0. The second-order valence-electron chi connectivity index (χ2n) is 18.1. The van der Waals surface area contributed by atoms with Gasteiger partial charge in [-0.15, -0.1) is 0 Å². The van der Waals surface area contributed by atoms with Crippen LogP contribution in [0, 0.1) is 29.6 Å². The first-order valence-electron chi connectivity index (χ1n) is 22.7. The fraction of sp³-hybridized carbons (Fsp3) is 0.756. The van der Waals surface area contributed by atoms with Crippen LogP contribution in [0.1, 0.15) is 144 Å². The topological polar surface area (TPSA) is 325 Å². The van der Waals surface area contributed by atoms with Crippen molar-refractivity contribution < 1.29 is 57.8 Å². The van der Waals surface area contributed by atoms with E-state index in [0.29, 0.717) is 45.2 Å². The molecule has 362 valence electrons. The van der Waals surface area contributed by atoms with Crippen LogP contribution in [0.5, 0.6) is 0 Å². The van der Waals surface area contributed by atoms with Gasteiger partial charge in [-0.05, 0) is 77.2 Å². The molecule has 0 aliphatic carbocycles. The monoisotopic (exact) mass is 906 g/mol. The predicted molar refractivity (Wildman–Crippen MR) is 237 cm³/mol. The van der Waals surface area contributed by atoms with E-state index in [-0.39, 0.29) is 94.0 Å². The zero-order valence-corrected chi connectivity index (χ0v) is 38.7.